The average molecular weight is 340 g/mol. The summed E-state index contributed by atoms with van der Waals surface area (Å²) in [5, 5.41) is 0. The fourth-order valence-corrected chi connectivity index (χ4v) is 2.96. The highest BCUT2D eigenvalue weighted by Crippen LogP contribution is 2.27. The molecule has 4 rings (SSSR count). The van der Waals surface area contributed by atoms with Crippen molar-refractivity contribution >= 4 is 5.65 Å². The van der Waals surface area contributed by atoms with Crippen LogP contribution in [0.2, 0.25) is 0 Å². The second-order valence-corrected chi connectivity index (χ2v) is 5.82. The molecule has 4 aromatic heterocycles. The lowest BCUT2D eigenvalue weighted by atomic mass is 10.1. The number of hydrogen-bond donors (Lipinski definition) is 1. The van der Waals surface area contributed by atoms with Gasteiger partial charge in [-0.15, -0.1) is 0 Å². The van der Waals surface area contributed by atoms with Crippen molar-refractivity contribution in [3.63, 3.8) is 0 Å². The molecule has 0 saturated carbocycles. The molecule has 126 valence electrons. The van der Waals surface area contributed by atoms with Crippen LogP contribution in [0.1, 0.15) is 5.69 Å². The van der Waals surface area contributed by atoms with Gasteiger partial charge in [0.1, 0.15) is 11.3 Å². The van der Waals surface area contributed by atoms with Crippen LogP contribution in [0.5, 0.6) is 0 Å². The van der Waals surface area contributed by atoms with Crippen LogP contribution >= 0.6 is 0 Å². The summed E-state index contributed by atoms with van der Waals surface area (Å²) < 4.78 is 29.5. The predicted octanol–water partition coefficient (Wildman–Crippen LogP) is 3.25. The average Bonchev–Trinajstić information content (AvgIpc) is 3.20. The lowest BCUT2D eigenvalue weighted by molar-refractivity contribution is -0.693. The van der Waals surface area contributed by atoms with Gasteiger partial charge in [-0.2, -0.15) is 0 Å². The maximum absolute atomic E-state index is 13.0. The molecule has 0 unspecified atom stereocenters. The summed E-state index contributed by atoms with van der Waals surface area (Å²) in [6.07, 6.45) is 4.53. The topological polar surface area (TPSA) is 49.9 Å². The van der Waals surface area contributed by atoms with Crippen molar-refractivity contribution in [2.24, 2.45) is 0 Å². The molecule has 0 radical (unpaired) electrons. The fourth-order valence-electron chi connectivity index (χ4n) is 2.96. The number of aryl methyl sites for hydroxylation is 1. The molecule has 25 heavy (non-hydrogen) atoms. The number of pyridine rings is 2. The molecular weight excluding hydrogens is 324 g/mol. The molecule has 1 N–H and O–H groups in total. The smallest absolute Gasteiger partial charge is 0.275 e. The van der Waals surface area contributed by atoms with Gasteiger partial charge < -0.3 is 4.40 Å². The molecule has 0 bridgehead atoms. The summed E-state index contributed by atoms with van der Waals surface area (Å²) in [4.78, 5) is 11.8. The molecule has 0 aromatic carbocycles. The number of fused-ring (bicyclic) bond motifs is 1. The van der Waals surface area contributed by atoms with Crippen LogP contribution in [0.4, 0.5) is 8.78 Å². The molecule has 0 aliphatic rings. The number of H-pyrrole nitrogens is 1. The third-order valence-corrected chi connectivity index (χ3v) is 4.03. The number of hydrogen-bond acceptors (Lipinski definition) is 2. The van der Waals surface area contributed by atoms with Crippen molar-refractivity contribution in [1.29, 1.82) is 0 Å². The van der Waals surface area contributed by atoms with Crippen molar-refractivity contribution in [3.05, 3.63) is 60.9 Å². The first-order valence-electron chi connectivity index (χ1n) is 7.88. The van der Waals surface area contributed by atoms with Gasteiger partial charge in [0, 0.05) is 29.8 Å². The number of rotatable bonds is 4. The van der Waals surface area contributed by atoms with Crippen LogP contribution in [0.3, 0.4) is 0 Å². The lowest BCUT2D eigenvalue weighted by Crippen LogP contribution is -2.37. The van der Waals surface area contributed by atoms with Gasteiger partial charge in [0.25, 0.3) is 6.43 Å². The van der Waals surface area contributed by atoms with E-state index >= 15 is 0 Å². The van der Waals surface area contributed by atoms with E-state index in [0.29, 0.717) is 17.1 Å². The maximum atomic E-state index is 13.0. The van der Waals surface area contributed by atoms with E-state index in [1.54, 1.807) is 12.5 Å². The van der Waals surface area contributed by atoms with E-state index in [4.69, 9.17) is 0 Å². The maximum Gasteiger partial charge on any atom is 0.275 e. The third-order valence-electron chi connectivity index (χ3n) is 4.03. The summed E-state index contributed by atoms with van der Waals surface area (Å²) in [5.41, 5.74) is 4.58. The predicted molar refractivity (Wildman–Crippen MR) is 89.1 cm³/mol. The van der Waals surface area contributed by atoms with Crippen LogP contribution in [0.25, 0.3) is 28.3 Å². The highest BCUT2D eigenvalue weighted by Gasteiger charge is 2.24. The molecular formula is C18H16F2N5+. The summed E-state index contributed by atoms with van der Waals surface area (Å²) in [6, 6.07) is 9.41. The van der Waals surface area contributed by atoms with Crippen LogP contribution < -0.4 is 4.57 Å². The monoisotopic (exact) mass is 340 g/mol. The minimum absolute atomic E-state index is 0.389. The quantitative estimate of drug-likeness (QED) is 0.580. The lowest BCUT2D eigenvalue weighted by Gasteiger charge is -2.05. The van der Waals surface area contributed by atoms with Crippen LogP contribution in [-0.4, -0.2) is 25.8 Å². The third kappa shape index (κ3) is 2.88. The Hall–Kier alpha value is -3.09. The summed E-state index contributed by atoms with van der Waals surface area (Å²) in [7, 11) is 0. The zero-order chi connectivity index (χ0) is 17.4. The van der Waals surface area contributed by atoms with Crippen LogP contribution in [-0.2, 0) is 6.54 Å². The molecule has 0 fully saturated rings. The minimum atomic E-state index is -2.45. The van der Waals surface area contributed by atoms with E-state index in [1.807, 2.05) is 54.0 Å². The fraction of sp³-hybridized carbons (Fsp3) is 0.167. The van der Waals surface area contributed by atoms with Crippen LogP contribution in [0, 0.1) is 6.92 Å². The Kier molecular flexibility index (Phi) is 3.76. The van der Waals surface area contributed by atoms with E-state index in [9.17, 15) is 8.78 Å². The van der Waals surface area contributed by atoms with Gasteiger partial charge >= 0.3 is 0 Å². The summed E-state index contributed by atoms with van der Waals surface area (Å²) in [6.45, 7) is 1.51. The van der Waals surface area contributed by atoms with Gasteiger partial charge in [0.05, 0.1) is 0 Å². The highest BCUT2D eigenvalue weighted by molar-refractivity contribution is 5.74. The highest BCUT2D eigenvalue weighted by atomic mass is 19.3. The molecule has 7 heteroatoms. The number of imidazole rings is 2. The second kappa shape index (κ2) is 6.08. The molecule has 0 saturated heterocycles. The zero-order valence-corrected chi connectivity index (χ0v) is 13.5. The van der Waals surface area contributed by atoms with Crippen molar-refractivity contribution in [2.45, 2.75) is 19.9 Å². The summed E-state index contributed by atoms with van der Waals surface area (Å²) >= 11 is 0. The molecule has 4 aromatic rings. The largest absolute Gasteiger partial charge is 0.306 e. The number of halogens is 2. The van der Waals surface area contributed by atoms with E-state index in [2.05, 4.69) is 15.0 Å². The minimum Gasteiger partial charge on any atom is -0.306 e. The Morgan fingerprint density at radius 2 is 2.12 bits per heavy atom. The SMILES string of the molecule is Cc1cccc(-c2[nH]c[n+](CC(F)F)c2-c2ccc3nccn3c2)n1. The van der Waals surface area contributed by atoms with E-state index in [1.165, 1.54) is 4.57 Å². The van der Waals surface area contributed by atoms with Crippen molar-refractivity contribution in [1.82, 2.24) is 19.4 Å². The van der Waals surface area contributed by atoms with E-state index in [0.717, 1.165) is 16.9 Å². The van der Waals surface area contributed by atoms with Crippen molar-refractivity contribution in [2.75, 3.05) is 0 Å². The Bertz CT molecular complexity index is 1030. The van der Waals surface area contributed by atoms with Gasteiger partial charge in [-0.05, 0) is 31.2 Å². The van der Waals surface area contributed by atoms with Crippen molar-refractivity contribution < 1.29 is 13.3 Å². The number of nitrogens with zero attached hydrogens (tertiary/aromatic N) is 4. The Labute approximate surface area is 142 Å². The number of nitrogens with one attached hydrogen (secondary N) is 1. The Morgan fingerprint density at radius 3 is 2.92 bits per heavy atom. The molecule has 0 aliphatic carbocycles. The van der Waals surface area contributed by atoms with Crippen molar-refractivity contribution in [3.8, 4) is 22.6 Å². The van der Waals surface area contributed by atoms with Crippen LogP contribution in [0.15, 0.2) is 55.2 Å². The molecule has 0 atom stereocenters. The first-order valence-corrected chi connectivity index (χ1v) is 7.88. The standard InChI is InChI=1S/C18H15F2N5/c1-12-3-2-4-14(23-12)17-18(25(11-22-17)10-15(19)20)13-5-6-16-21-7-8-24(16)9-13/h2-9,11,15H,10H2,1H3/p+1. The van der Waals surface area contributed by atoms with E-state index in [-0.39, 0.29) is 6.54 Å². The number of aromatic amines is 1. The molecule has 5 nitrogen and oxygen atoms in total. The Morgan fingerprint density at radius 1 is 1.24 bits per heavy atom. The van der Waals surface area contributed by atoms with Gasteiger partial charge in [-0.1, -0.05) is 6.07 Å². The Balaban J connectivity index is 1.92. The van der Waals surface area contributed by atoms with E-state index < -0.39 is 6.43 Å². The zero-order valence-electron chi connectivity index (χ0n) is 13.5. The molecule has 0 aliphatic heterocycles. The number of aromatic nitrogens is 5. The first kappa shape index (κ1) is 15.4. The van der Waals surface area contributed by atoms with Gasteiger partial charge in [-0.25, -0.2) is 28.3 Å². The second-order valence-electron chi connectivity index (χ2n) is 5.82. The van der Waals surface area contributed by atoms with Gasteiger partial charge in [0.15, 0.2) is 17.9 Å². The summed E-state index contributed by atoms with van der Waals surface area (Å²) in [5.74, 6) is 0. The van der Waals surface area contributed by atoms with Gasteiger partial charge in [0.2, 0.25) is 6.33 Å². The molecule has 0 amide bonds. The molecule has 0 spiro atoms. The van der Waals surface area contributed by atoms with Gasteiger partial charge in [-0.3, -0.25) is 0 Å². The first-order chi connectivity index (χ1) is 12.1. The molecule has 4 heterocycles. The normalized spacial score (nSPS) is 11.5. The number of alkyl halides is 2.